The second-order valence-corrected chi connectivity index (χ2v) is 8.59. The largest absolute Gasteiger partial charge is 0.416 e. The maximum Gasteiger partial charge on any atom is 0.344 e. The summed E-state index contributed by atoms with van der Waals surface area (Å²) >= 11 is 0. The van der Waals surface area contributed by atoms with Gasteiger partial charge in [-0.15, -0.1) is 0 Å². The Morgan fingerprint density at radius 3 is 2.36 bits per heavy atom. The summed E-state index contributed by atoms with van der Waals surface area (Å²) in [7, 11) is 0. The van der Waals surface area contributed by atoms with Crippen LogP contribution in [0.4, 0.5) is 5.69 Å². The van der Waals surface area contributed by atoms with Crippen LogP contribution in [0.5, 0.6) is 0 Å². The van der Waals surface area contributed by atoms with Crippen molar-refractivity contribution in [1.29, 1.82) is 0 Å². The van der Waals surface area contributed by atoms with Crippen LogP contribution in [0.2, 0.25) is 0 Å². The van der Waals surface area contributed by atoms with E-state index in [1.807, 2.05) is 91.9 Å². The number of aromatic amines is 1. The van der Waals surface area contributed by atoms with Crippen LogP contribution < -0.4 is 10.9 Å². The molecular weight excluding hydrogens is 450 g/mol. The van der Waals surface area contributed by atoms with Gasteiger partial charge in [0.2, 0.25) is 5.76 Å². The third-order valence-electron chi connectivity index (χ3n) is 6.26. The molecule has 4 aromatic carbocycles. The number of H-pyrrole nitrogens is 1. The molecule has 0 saturated carbocycles. The van der Waals surface area contributed by atoms with E-state index in [1.165, 1.54) is 0 Å². The van der Waals surface area contributed by atoms with Gasteiger partial charge in [0.25, 0.3) is 5.91 Å². The van der Waals surface area contributed by atoms with E-state index in [2.05, 4.69) is 15.3 Å². The van der Waals surface area contributed by atoms with E-state index in [0.717, 1.165) is 27.7 Å². The zero-order valence-electron chi connectivity index (χ0n) is 19.4. The summed E-state index contributed by atoms with van der Waals surface area (Å²) in [6.07, 6.45) is 0. The number of amides is 1. The van der Waals surface area contributed by atoms with Gasteiger partial charge >= 0.3 is 5.63 Å². The number of hydrogen-bond acceptors (Lipinski definition) is 4. The van der Waals surface area contributed by atoms with E-state index in [9.17, 15) is 9.59 Å². The lowest BCUT2D eigenvalue weighted by Crippen LogP contribution is -2.17. The van der Waals surface area contributed by atoms with E-state index < -0.39 is 11.5 Å². The number of rotatable bonds is 4. The van der Waals surface area contributed by atoms with Crippen LogP contribution in [-0.2, 0) is 0 Å². The molecule has 2 N–H and O–H groups in total. The molecule has 0 aliphatic rings. The third kappa shape index (κ3) is 3.75. The molecule has 0 aliphatic carbocycles. The van der Waals surface area contributed by atoms with E-state index in [-0.39, 0.29) is 5.76 Å². The van der Waals surface area contributed by atoms with E-state index in [4.69, 9.17) is 4.42 Å². The second-order valence-electron chi connectivity index (χ2n) is 8.59. The number of para-hydroxylation sites is 2. The molecule has 1 amide bonds. The molecule has 6 rings (SSSR count). The summed E-state index contributed by atoms with van der Waals surface area (Å²) in [6, 6.07) is 30.2. The van der Waals surface area contributed by atoms with Crippen LogP contribution in [0.1, 0.15) is 16.1 Å². The predicted octanol–water partition coefficient (Wildman–Crippen LogP) is 6.56. The highest BCUT2D eigenvalue weighted by atomic mass is 16.4. The minimum absolute atomic E-state index is 0.0292. The predicted molar refractivity (Wildman–Crippen MR) is 142 cm³/mol. The fraction of sp³-hybridized carbons (Fsp3) is 0.0333. The van der Waals surface area contributed by atoms with Crippen molar-refractivity contribution < 1.29 is 9.21 Å². The molecule has 0 spiro atoms. The Balaban J connectivity index is 1.44. The molecule has 0 unspecified atom stereocenters. The highest BCUT2D eigenvalue weighted by Crippen LogP contribution is 2.32. The molecule has 174 valence electrons. The molecule has 0 saturated heterocycles. The molecule has 6 heteroatoms. The third-order valence-corrected chi connectivity index (χ3v) is 6.26. The highest BCUT2D eigenvalue weighted by molar-refractivity contribution is 6.12. The molecule has 0 aliphatic heterocycles. The molecular formula is C30H21N3O3. The van der Waals surface area contributed by atoms with Crippen LogP contribution in [-0.4, -0.2) is 15.9 Å². The number of imidazole rings is 1. The number of aromatic nitrogens is 2. The molecule has 36 heavy (non-hydrogen) atoms. The molecule has 0 radical (unpaired) electrons. The number of carbonyl (C=O) groups excluding carboxylic acids is 1. The maximum absolute atomic E-state index is 13.6. The standard InChI is InChI=1S/C30H21N3O3/c1-18-15-16-20(28-31-23-13-7-8-14-24(23)32-28)17-25(18)33-29(34)27-26(19-9-3-2-4-10-19)21-11-5-6-12-22(21)30(35)36-27/h2-17H,1H3,(H,31,32)(H,33,34). The van der Waals surface area contributed by atoms with Gasteiger partial charge in [0, 0.05) is 22.2 Å². The second kappa shape index (κ2) is 8.67. The lowest BCUT2D eigenvalue weighted by Gasteiger charge is -2.13. The average molecular weight is 472 g/mol. The van der Waals surface area contributed by atoms with Gasteiger partial charge in [-0.2, -0.15) is 0 Å². The van der Waals surface area contributed by atoms with Crippen LogP contribution in [0.15, 0.2) is 106 Å². The quantitative estimate of drug-likeness (QED) is 0.305. The van der Waals surface area contributed by atoms with Crippen LogP contribution in [0, 0.1) is 6.92 Å². The molecule has 6 aromatic rings. The topological polar surface area (TPSA) is 88.0 Å². The minimum Gasteiger partial charge on any atom is -0.416 e. The van der Waals surface area contributed by atoms with Gasteiger partial charge in [-0.05, 0) is 42.3 Å². The van der Waals surface area contributed by atoms with Crippen LogP contribution in [0.25, 0.3) is 44.3 Å². The number of nitrogens with zero attached hydrogens (tertiary/aromatic N) is 1. The maximum atomic E-state index is 13.6. The van der Waals surface area contributed by atoms with E-state index in [0.29, 0.717) is 27.8 Å². The van der Waals surface area contributed by atoms with Crippen molar-refractivity contribution in [3.63, 3.8) is 0 Å². The van der Waals surface area contributed by atoms with Crippen molar-refractivity contribution in [2.45, 2.75) is 6.92 Å². The van der Waals surface area contributed by atoms with Crippen LogP contribution >= 0.6 is 0 Å². The first-order chi connectivity index (χ1) is 17.6. The van der Waals surface area contributed by atoms with Crippen molar-refractivity contribution in [2.75, 3.05) is 5.32 Å². The Labute approximate surface area is 206 Å². The molecule has 0 fully saturated rings. The van der Waals surface area contributed by atoms with E-state index in [1.54, 1.807) is 12.1 Å². The number of fused-ring (bicyclic) bond motifs is 2. The minimum atomic E-state index is -0.553. The van der Waals surface area contributed by atoms with Gasteiger partial charge in [0.1, 0.15) is 5.82 Å². The fourth-order valence-corrected chi connectivity index (χ4v) is 4.42. The Bertz CT molecular complexity index is 1780. The SMILES string of the molecule is Cc1ccc(-c2nc3ccccc3[nH]2)cc1NC(=O)c1oc(=O)c2ccccc2c1-c1ccccc1. The Morgan fingerprint density at radius 1 is 0.833 bits per heavy atom. The van der Waals surface area contributed by atoms with Gasteiger partial charge in [0.05, 0.1) is 16.4 Å². The molecule has 2 aromatic heterocycles. The zero-order valence-corrected chi connectivity index (χ0v) is 19.4. The zero-order chi connectivity index (χ0) is 24.6. The fourth-order valence-electron chi connectivity index (χ4n) is 4.42. The number of benzene rings is 4. The highest BCUT2D eigenvalue weighted by Gasteiger charge is 2.22. The summed E-state index contributed by atoms with van der Waals surface area (Å²) in [6.45, 7) is 1.91. The number of anilines is 1. The van der Waals surface area contributed by atoms with Gasteiger partial charge in [0.15, 0.2) is 0 Å². The molecule has 0 atom stereocenters. The average Bonchev–Trinajstić information content (AvgIpc) is 3.35. The molecule has 2 heterocycles. The summed E-state index contributed by atoms with van der Waals surface area (Å²) in [5.74, 6) is 0.175. The summed E-state index contributed by atoms with van der Waals surface area (Å²) in [5, 5.41) is 4.05. The van der Waals surface area contributed by atoms with Crippen molar-refractivity contribution in [2.24, 2.45) is 0 Å². The Kier molecular flexibility index (Phi) is 5.19. The van der Waals surface area contributed by atoms with Crippen molar-refractivity contribution in [1.82, 2.24) is 9.97 Å². The number of nitrogens with one attached hydrogen (secondary N) is 2. The van der Waals surface area contributed by atoms with Crippen LogP contribution in [0.3, 0.4) is 0 Å². The van der Waals surface area contributed by atoms with Gasteiger partial charge in [-0.1, -0.05) is 72.8 Å². The van der Waals surface area contributed by atoms with E-state index >= 15 is 0 Å². The summed E-state index contributed by atoms with van der Waals surface area (Å²) < 4.78 is 5.62. The molecule has 0 bridgehead atoms. The van der Waals surface area contributed by atoms with Gasteiger partial charge in [-0.3, -0.25) is 4.79 Å². The van der Waals surface area contributed by atoms with Gasteiger partial charge < -0.3 is 14.7 Å². The summed E-state index contributed by atoms with van der Waals surface area (Å²) in [4.78, 5) is 34.3. The molecule has 6 nitrogen and oxygen atoms in total. The number of carbonyl (C=O) groups is 1. The van der Waals surface area contributed by atoms with Crippen molar-refractivity contribution >= 4 is 33.4 Å². The number of aryl methyl sites for hydroxylation is 1. The lowest BCUT2D eigenvalue weighted by molar-refractivity contribution is 0.0994. The first kappa shape index (κ1) is 21.6. The van der Waals surface area contributed by atoms with Crippen molar-refractivity contribution in [3.05, 3.63) is 119 Å². The monoisotopic (exact) mass is 471 g/mol. The Hall–Kier alpha value is -4.97. The smallest absolute Gasteiger partial charge is 0.344 e. The van der Waals surface area contributed by atoms with Crippen molar-refractivity contribution in [3.8, 4) is 22.5 Å². The van der Waals surface area contributed by atoms with Gasteiger partial charge in [-0.25, -0.2) is 9.78 Å². The lowest BCUT2D eigenvalue weighted by atomic mass is 9.98. The Morgan fingerprint density at radius 2 is 1.56 bits per heavy atom. The summed E-state index contributed by atoms with van der Waals surface area (Å²) in [5.41, 5.74) is 4.91. The number of hydrogen-bond donors (Lipinski definition) is 2. The first-order valence-electron chi connectivity index (χ1n) is 11.6. The normalized spacial score (nSPS) is 11.1. The first-order valence-corrected chi connectivity index (χ1v) is 11.6.